The molecule has 3 N–H and O–H groups in total. The van der Waals surface area contributed by atoms with Gasteiger partial charge in [-0.15, -0.1) is 0 Å². The third kappa shape index (κ3) is 1.93. The summed E-state index contributed by atoms with van der Waals surface area (Å²) in [6.07, 6.45) is 0. The molecule has 0 unspecified atom stereocenters. The topological polar surface area (TPSA) is 88.5 Å². The van der Waals surface area contributed by atoms with Gasteiger partial charge in [0.2, 0.25) is 0 Å². The number of nitriles is 1. The molecule has 0 spiro atoms. The number of rotatable bonds is 3. The van der Waals surface area contributed by atoms with E-state index >= 15 is 0 Å². The average Bonchev–Trinajstić information content (AvgIpc) is 2.20. The van der Waals surface area contributed by atoms with Crippen LogP contribution in [0.4, 0.5) is 0 Å². The van der Waals surface area contributed by atoms with Crippen molar-refractivity contribution in [2.75, 3.05) is 7.11 Å². The zero-order valence-electron chi connectivity index (χ0n) is 7.65. The second-order valence-corrected chi connectivity index (χ2v) is 2.60. The Morgan fingerprint density at radius 1 is 1.57 bits per heavy atom. The monoisotopic (exact) mass is 194 g/mol. The van der Waals surface area contributed by atoms with Crippen LogP contribution in [0, 0.1) is 11.3 Å². The molecule has 0 saturated carbocycles. The molecule has 0 aliphatic carbocycles. The van der Waals surface area contributed by atoms with Gasteiger partial charge in [-0.1, -0.05) is 0 Å². The third-order valence-corrected chi connectivity index (χ3v) is 1.76. The number of hydrogen-bond acceptors (Lipinski definition) is 5. The summed E-state index contributed by atoms with van der Waals surface area (Å²) in [5, 5.41) is 18.0. The van der Waals surface area contributed by atoms with E-state index in [0.29, 0.717) is 11.3 Å². The minimum absolute atomic E-state index is 0.120. The van der Waals surface area contributed by atoms with E-state index in [1.165, 1.54) is 19.2 Å². The summed E-state index contributed by atoms with van der Waals surface area (Å²) in [4.78, 5) is 4.44. The SMILES string of the molecule is COc1cc(O)c(C#N)cc1CON. The van der Waals surface area contributed by atoms with Crippen molar-refractivity contribution < 1.29 is 14.7 Å². The Morgan fingerprint density at radius 2 is 2.29 bits per heavy atom. The van der Waals surface area contributed by atoms with Gasteiger partial charge in [0, 0.05) is 11.6 Å². The molecule has 0 atom stereocenters. The molecule has 1 rings (SSSR count). The highest BCUT2D eigenvalue weighted by Gasteiger charge is 2.09. The number of methoxy groups -OCH3 is 1. The lowest BCUT2D eigenvalue weighted by molar-refractivity contribution is 0.122. The van der Waals surface area contributed by atoms with Crippen LogP contribution in [-0.4, -0.2) is 12.2 Å². The van der Waals surface area contributed by atoms with Crippen LogP contribution in [0.5, 0.6) is 11.5 Å². The molecule has 0 saturated heterocycles. The van der Waals surface area contributed by atoms with Crippen LogP contribution in [0.1, 0.15) is 11.1 Å². The summed E-state index contributed by atoms with van der Waals surface area (Å²) >= 11 is 0. The molecule has 14 heavy (non-hydrogen) atoms. The van der Waals surface area contributed by atoms with Gasteiger partial charge in [-0.25, -0.2) is 5.90 Å². The maximum Gasteiger partial charge on any atom is 0.137 e. The van der Waals surface area contributed by atoms with E-state index in [1.54, 1.807) is 0 Å². The number of nitrogens with two attached hydrogens (primary N) is 1. The van der Waals surface area contributed by atoms with Gasteiger partial charge in [-0.05, 0) is 6.07 Å². The highest BCUT2D eigenvalue weighted by atomic mass is 16.6. The van der Waals surface area contributed by atoms with Gasteiger partial charge < -0.3 is 9.84 Å². The minimum atomic E-state index is -0.120. The summed E-state index contributed by atoms with van der Waals surface area (Å²) < 4.78 is 4.97. The molecule has 0 radical (unpaired) electrons. The Kier molecular flexibility index (Phi) is 3.29. The van der Waals surface area contributed by atoms with Crippen LogP contribution < -0.4 is 10.6 Å². The lowest BCUT2D eigenvalue weighted by atomic mass is 10.1. The van der Waals surface area contributed by atoms with Crippen molar-refractivity contribution in [1.29, 1.82) is 5.26 Å². The molecule has 0 heterocycles. The molecule has 1 aromatic rings. The number of hydrogen-bond donors (Lipinski definition) is 2. The van der Waals surface area contributed by atoms with Crippen molar-refractivity contribution >= 4 is 0 Å². The molecule has 1 aromatic carbocycles. The Labute approximate surface area is 81.2 Å². The molecule has 5 heteroatoms. The van der Waals surface area contributed by atoms with Crippen LogP contribution >= 0.6 is 0 Å². The van der Waals surface area contributed by atoms with E-state index in [1.807, 2.05) is 6.07 Å². The average molecular weight is 194 g/mol. The van der Waals surface area contributed by atoms with Crippen molar-refractivity contribution in [1.82, 2.24) is 0 Å². The fourth-order valence-electron chi connectivity index (χ4n) is 1.10. The molecule has 5 nitrogen and oxygen atoms in total. The Hall–Kier alpha value is -1.77. The number of aromatic hydroxyl groups is 1. The normalized spacial score (nSPS) is 9.50. The van der Waals surface area contributed by atoms with E-state index in [2.05, 4.69) is 4.84 Å². The molecular weight excluding hydrogens is 184 g/mol. The van der Waals surface area contributed by atoms with Gasteiger partial charge in [-0.3, -0.25) is 4.84 Å². The number of nitrogens with zero attached hydrogens (tertiary/aromatic N) is 1. The van der Waals surface area contributed by atoms with Crippen LogP contribution in [0.3, 0.4) is 0 Å². The maximum atomic E-state index is 9.34. The van der Waals surface area contributed by atoms with Gasteiger partial charge >= 0.3 is 0 Å². The number of phenols is 1. The van der Waals surface area contributed by atoms with Gasteiger partial charge in [0.25, 0.3) is 0 Å². The first-order chi connectivity index (χ1) is 6.72. The third-order valence-electron chi connectivity index (χ3n) is 1.76. The van der Waals surface area contributed by atoms with Crippen LogP contribution in [0.2, 0.25) is 0 Å². The summed E-state index contributed by atoms with van der Waals surface area (Å²) in [6, 6.07) is 4.67. The van der Waals surface area contributed by atoms with Gasteiger partial charge in [0.1, 0.15) is 17.6 Å². The molecular formula is C9H10N2O3. The minimum Gasteiger partial charge on any atom is -0.506 e. The molecule has 0 amide bonds. The van der Waals surface area contributed by atoms with Gasteiger partial charge in [0.15, 0.2) is 0 Å². The maximum absolute atomic E-state index is 9.34. The van der Waals surface area contributed by atoms with Crippen molar-refractivity contribution in [3.8, 4) is 17.6 Å². The second kappa shape index (κ2) is 4.46. The van der Waals surface area contributed by atoms with E-state index < -0.39 is 0 Å². The van der Waals surface area contributed by atoms with E-state index in [4.69, 9.17) is 15.9 Å². The van der Waals surface area contributed by atoms with Gasteiger partial charge in [0.05, 0.1) is 19.3 Å². The summed E-state index contributed by atoms with van der Waals surface area (Å²) in [6.45, 7) is 0.123. The quantitative estimate of drug-likeness (QED) is 0.690. The zero-order chi connectivity index (χ0) is 10.6. The van der Waals surface area contributed by atoms with Crippen molar-refractivity contribution in [2.45, 2.75) is 6.61 Å². The standard InChI is InChI=1S/C9H10N2O3/c1-13-9-3-8(12)6(4-10)2-7(9)5-14-11/h2-3,12H,5,11H2,1H3. The fraction of sp³-hybridized carbons (Fsp3) is 0.222. The predicted octanol–water partition coefficient (Wildman–Crippen LogP) is 0.663. The number of ether oxygens (including phenoxy) is 1. The zero-order valence-corrected chi connectivity index (χ0v) is 7.65. The van der Waals surface area contributed by atoms with Crippen molar-refractivity contribution in [2.24, 2.45) is 5.90 Å². The largest absolute Gasteiger partial charge is 0.506 e. The Bertz CT molecular complexity index is 371. The smallest absolute Gasteiger partial charge is 0.137 e. The lowest BCUT2D eigenvalue weighted by Gasteiger charge is -2.08. The fourth-order valence-corrected chi connectivity index (χ4v) is 1.10. The van der Waals surface area contributed by atoms with Crippen LogP contribution in [0.25, 0.3) is 0 Å². The molecule has 74 valence electrons. The molecule has 0 aliphatic rings. The second-order valence-electron chi connectivity index (χ2n) is 2.60. The van der Waals surface area contributed by atoms with Crippen molar-refractivity contribution in [3.05, 3.63) is 23.3 Å². The molecule has 0 aliphatic heterocycles. The van der Waals surface area contributed by atoms with E-state index in [0.717, 1.165) is 0 Å². The Morgan fingerprint density at radius 3 is 2.79 bits per heavy atom. The molecule has 0 aromatic heterocycles. The number of phenolic OH excluding ortho intramolecular Hbond substituents is 1. The van der Waals surface area contributed by atoms with Crippen LogP contribution in [0.15, 0.2) is 12.1 Å². The van der Waals surface area contributed by atoms with Crippen molar-refractivity contribution in [3.63, 3.8) is 0 Å². The lowest BCUT2D eigenvalue weighted by Crippen LogP contribution is -2.01. The highest BCUT2D eigenvalue weighted by Crippen LogP contribution is 2.27. The van der Waals surface area contributed by atoms with E-state index in [-0.39, 0.29) is 17.9 Å². The van der Waals surface area contributed by atoms with E-state index in [9.17, 15) is 5.11 Å². The first kappa shape index (κ1) is 10.3. The molecule has 0 bridgehead atoms. The summed E-state index contributed by atoms with van der Waals surface area (Å²) in [7, 11) is 1.46. The Balaban J connectivity index is 3.19. The predicted molar refractivity (Wildman–Crippen MR) is 48.4 cm³/mol. The number of benzene rings is 1. The first-order valence-electron chi connectivity index (χ1n) is 3.84. The highest BCUT2D eigenvalue weighted by molar-refractivity contribution is 5.50. The first-order valence-corrected chi connectivity index (χ1v) is 3.84. The van der Waals surface area contributed by atoms with Gasteiger partial charge in [-0.2, -0.15) is 5.26 Å². The molecule has 0 fully saturated rings. The van der Waals surface area contributed by atoms with Crippen LogP contribution in [-0.2, 0) is 11.4 Å². The summed E-state index contributed by atoms with van der Waals surface area (Å²) in [5.41, 5.74) is 0.780. The summed E-state index contributed by atoms with van der Waals surface area (Å²) in [5.74, 6) is 5.23.